The van der Waals surface area contributed by atoms with Gasteiger partial charge in [0.1, 0.15) is 0 Å². The number of carbonyl (C=O) groups is 1. The summed E-state index contributed by atoms with van der Waals surface area (Å²) in [6, 6.07) is 5.08. The third kappa shape index (κ3) is 1.78. The maximum absolute atomic E-state index is 11.7. The minimum Gasteiger partial charge on any atom is -0.294 e. The molecule has 0 saturated carbocycles. The second-order valence-electron chi connectivity index (χ2n) is 4.40. The zero-order chi connectivity index (χ0) is 11.9. The summed E-state index contributed by atoms with van der Waals surface area (Å²) in [6.07, 6.45) is 0.108. The monoisotopic (exact) mass is 238 g/mol. The lowest BCUT2D eigenvalue weighted by Gasteiger charge is -2.17. The SMILES string of the molecule is CC(C)c1ccc2c(c1)C(=O)CCS2(=O)=O. The fourth-order valence-electron chi connectivity index (χ4n) is 1.87. The fourth-order valence-corrected chi connectivity index (χ4v) is 3.32. The van der Waals surface area contributed by atoms with Crippen molar-refractivity contribution in [3.05, 3.63) is 29.3 Å². The highest BCUT2D eigenvalue weighted by atomic mass is 32.2. The number of Topliss-reactive ketones (excluding diaryl/α,β-unsaturated/α-hetero) is 1. The van der Waals surface area contributed by atoms with Crippen LogP contribution in [0, 0.1) is 0 Å². The van der Waals surface area contributed by atoms with E-state index in [2.05, 4.69) is 0 Å². The van der Waals surface area contributed by atoms with Crippen LogP contribution in [0.5, 0.6) is 0 Å². The molecular weight excluding hydrogens is 224 g/mol. The lowest BCUT2D eigenvalue weighted by Crippen LogP contribution is -2.21. The van der Waals surface area contributed by atoms with E-state index in [1.165, 1.54) is 0 Å². The van der Waals surface area contributed by atoms with Crippen molar-refractivity contribution < 1.29 is 13.2 Å². The summed E-state index contributed by atoms with van der Waals surface area (Å²) in [5.41, 5.74) is 1.38. The molecular formula is C12H14O3S. The minimum absolute atomic E-state index is 0.0557. The molecule has 0 saturated heterocycles. The molecule has 1 heterocycles. The molecule has 2 rings (SSSR count). The third-order valence-electron chi connectivity index (χ3n) is 2.90. The molecule has 1 aromatic rings. The van der Waals surface area contributed by atoms with Crippen molar-refractivity contribution in [3.63, 3.8) is 0 Å². The van der Waals surface area contributed by atoms with E-state index in [4.69, 9.17) is 0 Å². The number of hydrogen-bond acceptors (Lipinski definition) is 3. The average molecular weight is 238 g/mol. The Hall–Kier alpha value is -1.16. The Morgan fingerprint density at radius 3 is 2.56 bits per heavy atom. The summed E-state index contributed by atoms with van der Waals surface area (Å²) < 4.78 is 23.5. The van der Waals surface area contributed by atoms with Crippen molar-refractivity contribution in [1.82, 2.24) is 0 Å². The Morgan fingerprint density at radius 1 is 1.25 bits per heavy atom. The first-order valence-corrected chi connectivity index (χ1v) is 6.97. The molecule has 0 unspecified atom stereocenters. The van der Waals surface area contributed by atoms with E-state index in [0.717, 1.165) is 5.56 Å². The lowest BCUT2D eigenvalue weighted by molar-refractivity contribution is 0.0983. The number of ketones is 1. The summed E-state index contributed by atoms with van der Waals surface area (Å²) in [7, 11) is -3.24. The summed E-state index contributed by atoms with van der Waals surface area (Å²) >= 11 is 0. The van der Waals surface area contributed by atoms with Gasteiger partial charge in [-0.2, -0.15) is 0 Å². The summed E-state index contributed by atoms with van der Waals surface area (Å²) in [4.78, 5) is 11.9. The molecule has 0 aliphatic carbocycles. The number of sulfone groups is 1. The van der Waals surface area contributed by atoms with E-state index in [-0.39, 0.29) is 22.9 Å². The molecule has 86 valence electrons. The molecule has 0 N–H and O–H groups in total. The van der Waals surface area contributed by atoms with Gasteiger partial charge in [0.25, 0.3) is 0 Å². The molecule has 1 aliphatic rings. The molecule has 0 aromatic heterocycles. The van der Waals surface area contributed by atoms with Gasteiger partial charge >= 0.3 is 0 Å². The highest BCUT2D eigenvalue weighted by molar-refractivity contribution is 7.91. The molecule has 0 amide bonds. The van der Waals surface area contributed by atoms with Crippen LogP contribution in [0.3, 0.4) is 0 Å². The fraction of sp³-hybridized carbons (Fsp3) is 0.417. The zero-order valence-electron chi connectivity index (χ0n) is 9.36. The van der Waals surface area contributed by atoms with Crippen LogP contribution in [0.4, 0.5) is 0 Å². The first-order chi connectivity index (χ1) is 7.42. The van der Waals surface area contributed by atoms with Crippen molar-refractivity contribution in [3.8, 4) is 0 Å². The van der Waals surface area contributed by atoms with Crippen molar-refractivity contribution in [1.29, 1.82) is 0 Å². The third-order valence-corrected chi connectivity index (χ3v) is 4.67. The average Bonchev–Trinajstić information content (AvgIpc) is 2.23. The van der Waals surface area contributed by atoms with E-state index < -0.39 is 9.84 Å². The Labute approximate surface area is 95.4 Å². The molecule has 4 heteroatoms. The molecule has 0 fully saturated rings. The maximum Gasteiger partial charge on any atom is 0.179 e. The van der Waals surface area contributed by atoms with Gasteiger partial charge in [0.15, 0.2) is 15.6 Å². The van der Waals surface area contributed by atoms with Crippen LogP contribution in [-0.4, -0.2) is 20.0 Å². The maximum atomic E-state index is 11.7. The van der Waals surface area contributed by atoms with Crippen LogP contribution in [0.25, 0.3) is 0 Å². The summed E-state index contributed by atoms with van der Waals surface area (Å²) in [5, 5.41) is 0. The number of fused-ring (bicyclic) bond motifs is 1. The molecule has 0 radical (unpaired) electrons. The number of hydrogen-bond donors (Lipinski definition) is 0. The van der Waals surface area contributed by atoms with Gasteiger partial charge in [-0.15, -0.1) is 0 Å². The van der Waals surface area contributed by atoms with Gasteiger partial charge in [0.2, 0.25) is 0 Å². The minimum atomic E-state index is -3.24. The smallest absolute Gasteiger partial charge is 0.179 e. The van der Waals surface area contributed by atoms with Crippen molar-refractivity contribution in [2.45, 2.75) is 31.1 Å². The van der Waals surface area contributed by atoms with E-state index in [1.54, 1.807) is 18.2 Å². The second-order valence-corrected chi connectivity index (χ2v) is 6.48. The summed E-state index contributed by atoms with van der Waals surface area (Å²) in [6.45, 7) is 4.03. The largest absolute Gasteiger partial charge is 0.294 e. The normalized spacial score (nSPS) is 18.6. The number of carbonyl (C=O) groups excluding carboxylic acids is 1. The van der Waals surface area contributed by atoms with E-state index in [1.807, 2.05) is 13.8 Å². The molecule has 16 heavy (non-hydrogen) atoms. The van der Waals surface area contributed by atoms with E-state index >= 15 is 0 Å². The van der Waals surface area contributed by atoms with Gasteiger partial charge in [-0.05, 0) is 23.6 Å². The Balaban J connectivity index is 2.65. The van der Waals surface area contributed by atoms with Crippen LogP contribution >= 0.6 is 0 Å². The molecule has 1 aromatic carbocycles. The summed E-state index contributed by atoms with van der Waals surface area (Å²) in [5.74, 6) is 0.176. The van der Waals surface area contributed by atoms with Gasteiger partial charge in [0, 0.05) is 12.0 Å². The van der Waals surface area contributed by atoms with Gasteiger partial charge < -0.3 is 0 Å². The Bertz CT molecular complexity index is 541. The Morgan fingerprint density at radius 2 is 1.94 bits per heavy atom. The Kier molecular flexibility index (Phi) is 2.62. The van der Waals surface area contributed by atoms with E-state index in [9.17, 15) is 13.2 Å². The molecule has 1 aliphatic heterocycles. The van der Waals surface area contributed by atoms with Crippen LogP contribution in [0.2, 0.25) is 0 Å². The predicted octanol–water partition coefficient (Wildman–Crippen LogP) is 2.17. The van der Waals surface area contributed by atoms with Crippen molar-refractivity contribution >= 4 is 15.6 Å². The van der Waals surface area contributed by atoms with Crippen LogP contribution < -0.4 is 0 Å². The molecule has 0 bridgehead atoms. The number of rotatable bonds is 1. The van der Waals surface area contributed by atoms with Crippen LogP contribution in [0.15, 0.2) is 23.1 Å². The first-order valence-electron chi connectivity index (χ1n) is 5.32. The van der Waals surface area contributed by atoms with Crippen LogP contribution in [-0.2, 0) is 9.84 Å². The quantitative estimate of drug-likeness (QED) is 0.753. The highest BCUT2D eigenvalue weighted by Gasteiger charge is 2.28. The van der Waals surface area contributed by atoms with E-state index in [0.29, 0.717) is 11.5 Å². The zero-order valence-corrected chi connectivity index (χ0v) is 10.2. The van der Waals surface area contributed by atoms with Crippen LogP contribution in [0.1, 0.15) is 42.1 Å². The van der Waals surface area contributed by atoms with Crippen molar-refractivity contribution in [2.24, 2.45) is 0 Å². The lowest BCUT2D eigenvalue weighted by atomic mass is 9.98. The molecule has 0 spiro atoms. The van der Waals surface area contributed by atoms with Gasteiger partial charge in [0.05, 0.1) is 10.6 Å². The first kappa shape index (κ1) is 11.3. The predicted molar refractivity (Wildman–Crippen MR) is 61.5 cm³/mol. The topological polar surface area (TPSA) is 51.2 Å². The molecule has 0 atom stereocenters. The highest BCUT2D eigenvalue weighted by Crippen LogP contribution is 2.28. The number of benzene rings is 1. The van der Waals surface area contributed by atoms with Gasteiger partial charge in [-0.25, -0.2) is 8.42 Å². The standard InChI is InChI=1S/C12H14O3S/c1-8(2)9-3-4-12-10(7-9)11(13)5-6-16(12,14)15/h3-4,7-8H,5-6H2,1-2H3. The second kappa shape index (κ2) is 3.70. The van der Waals surface area contributed by atoms with Gasteiger partial charge in [-0.3, -0.25) is 4.79 Å². The molecule has 3 nitrogen and oxygen atoms in total. The van der Waals surface area contributed by atoms with Crippen molar-refractivity contribution in [2.75, 3.05) is 5.75 Å². The van der Waals surface area contributed by atoms with Gasteiger partial charge in [-0.1, -0.05) is 19.9 Å².